The summed E-state index contributed by atoms with van der Waals surface area (Å²) in [6.45, 7) is 6.24. The molecule has 14 nitrogen and oxygen atoms in total. The lowest BCUT2D eigenvalue weighted by molar-refractivity contribution is -0.134. The molecule has 0 radical (unpaired) electrons. The number of hydrogen-bond donors (Lipinski definition) is 3. The maximum absolute atomic E-state index is 13.7. The molecule has 15 heteroatoms. The molecule has 6 heterocycles. The number of hydrogen-bond acceptors (Lipinski definition) is 11. The summed E-state index contributed by atoms with van der Waals surface area (Å²) < 4.78 is 9.63. The molecule has 7 aromatic rings. The monoisotopic (exact) mass is 984 g/mol. The van der Waals surface area contributed by atoms with Crippen molar-refractivity contribution in [3.05, 3.63) is 130 Å². The number of fused-ring (bicyclic) bond motifs is 3. The Bertz CT molecular complexity index is 3200. The van der Waals surface area contributed by atoms with Gasteiger partial charge >= 0.3 is 5.97 Å². The van der Waals surface area contributed by atoms with Crippen LogP contribution in [0.3, 0.4) is 0 Å². The van der Waals surface area contributed by atoms with Gasteiger partial charge in [0.05, 0.1) is 33.4 Å². The summed E-state index contributed by atoms with van der Waals surface area (Å²) in [5, 5.41) is 22.4. The third-order valence-corrected chi connectivity index (χ3v) is 16.6. The van der Waals surface area contributed by atoms with Gasteiger partial charge in [-0.15, -0.1) is 0 Å². The van der Waals surface area contributed by atoms with Crippen molar-refractivity contribution in [1.29, 1.82) is 0 Å². The molecule has 2 atom stereocenters. The summed E-state index contributed by atoms with van der Waals surface area (Å²) in [6, 6.07) is 29.6. The van der Waals surface area contributed by atoms with Crippen LogP contribution in [0.4, 0.5) is 10.9 Å². The number of likely N-dealkylation sites (tertiary alicyclic amines) is 1. The molecule has 370 valence electrons. The molecule has 4 aromatic carbocycles. The van der Waals surface area contributed by atoms with E-state index in [2.05, 4.69) is 43.6 Å². The van der Waals surface area contributed by atoms with Gasteiger partial charge < -0.3 is 19.6 Å². The van der Waals surface area contributed by atoms with Crippen molar-refractivity contribution in [3.8, 4) is 16.9 Å². The first-order valence-corrected chi connectivity index (χ1v) is 26.4. The largest absolute Gasteiger partial charge is 0.490 e. The van der Waals surface area contributed by atoms with Gasteiger partial charge in [-0.1, -0.05) is 78.8 Å². The number of aryl methyl sites for hydroxylation is 1. The fraction of sp³-hybridized carbons (Fsp3) is 0.386. The van der Waals surface area contributed by atoms with Gasteiger partial charge in [-0.2, -0.15) is 5.10 Å². The van der Waals surface area contributed by atoms with Crippen LogP contribution in [0.25, 0.3) is 32.2 Å². The summed E-state index contributed by atoms with van der Waals surface area (Å²) in [4.78, 5) is 65.1. The van der Waals surface area contributed by atoms with E-state index in [1.165, 1.54) is 36.2 Å². The standard InChI is InChI=1S/C57H60N8O6S/c1-34-39(41-23-25-49(59-52(41)56(69)70)65-31-28-36-11-7-14-42(45(36)33-65)54(67)61-57-58-46-16-3-4-18-48(46)72-57)12-9-17-47(34)71-38-21-19-35(20-22-38)10-5-6-29-64-30-27-37(32-64)40-13-8-15-43-51(62-63(2)53(40)43)44-24-26-50(66)60-55(44)68/h3-4,7-9,11-18,23,25,35,37-38,44H,5-6,10,19-22,24,26-33H2,1-2H3,(H,69,70)(H,58,61,67)(H,60,66,68)/t35-,37-,38-,44?/m1/s1. The number of benzene rings is 4. The zero-order chi connectivity index (χ0) is 49.5. The molecular weight excluding hydrogens is 925 g/mol. The van der Waals surface area contributed by atoms with E-state index in [0.717, 1.165) is 107 Å². The number of anilines is 2. The number of nitrogens with zero attached hydrogens (tertiary/aromatic N) is 6. The van der Waals surface area contributed by atoms with Crippen molar-refractivity contribution in [3.63, 3.8) is 0 Å². The number of amides is 3. The molecule has 3 fully saturated rings. The summed E-state index contributed by atoms with van der Waals surface area (Å²) >= 11 is 1.44. The number of pyridine rings is 1. The Morgan fingerprint density at radius 3 is 2.53 bits per heavy atom. The number of nitrogens with one attached hydrogen (secondary N) is 2. The highest BCUT2D eigenvalue weighted by Gasteiger charge is 2.34. The number of unbranched alkanes of at least 4 members (excludes halogenated alkanes) is 1. The Morgan fingerprint density at radius 2 is 1.69 bits per heavy atom. The third kappa shape index (κ3) is 9.59. The molecule has 3 N–H and O–H groups in total. The molecule has 3 amide bonds. The van der Waals surface area contributed by atoms with Crippen LogP contribution in [0, 0.1) is 12.8 Å². The summed E-state index contributed by atoms with van der Waals surface area (Å²) in [5.41, 5.74) is 8.77. The highest BCUT2D eigenvalue weighted by molar-refractivity contribution is 7.22. The lowest BCUT2D eigenvalue weighted by Crippen LogP contribution is -2.39. The molecule has 1 aliphatic carbocycles. The van der Waals surface area contributed by atoms with Crippen LogP contribution < -0.4 is 20.3 Å². The Morgan fingerprint density at radius 1 is 0.861 bits per heavy atom. The van der Waals surface area contributed by atoms with Gasteiger partial charge in [0.15, 0.2) is 10.8 Å². The predicted octanol–water partition coefficient (Wildman–Crippen LogP) is 10.2. The van der Waals surface area contributed by atoms with Crippen molar-refractivity contribution >= 4 is 67.1 Å². The Kier molecular flexibility index (Phi) is 13.3. The maximum atomic E-state index is 13.7. The van der Waals surface area contributed by atoms with Crippen molar-refractivity contribution in [2.75, 3.05) is 36.4 Å². The molecule has 0 spiro atoms. The number of para-hydroxylation sites is 2. The quantitative estimate of drug-likeness (QED) is 0.0700. The number of rotatable bonds is 14. The van der Waals surface area contributed by atoms with Crippen LogP contribution in [-0.2, 0) is 29.6 Å². The fourth-order valence-corrected chi connectivity index (χ4v) is 12.7. The van der Waals surface area contributed by atoms with E-state index in [4.69, 9.17) is 14.8 Å². The van der Waals surface area contributed by atoms with Crippen LogP contribution in [0.5, 0.6) is 5.75 Å². The molecule has 1 unspecified atom stereocenters. The van der Waals surface area contributed by atoms with E-state index >= 15 is 0 Å². The Balaban J connectivity index is 0.670. The van der Waals surface area contributed by atoms with Crippen molar-refractivity contribution < 1.29 is 29.0 Å². The second kappa shape index (κ2) is 20.3. The van der Waals surface area contributed by atoms with E-state index in [9.17, 15) is 24.3 Å². The molecule has 4 aliphatic rings. The lowest BCUT2D eigenvalue weighted by Gasteiger charge is -2.31. The molecule has 11 rings (SSSR count). The fourth-order valence-electron chi connectivity index (χ4n) is 11.8. The van der Waals surface area contributed by atoms with Crippen LogP contribution in [-0.4, -0.2) is 85.7 Å². The van der Waals surface area contributed by atoms with Gasteiger partial charge in [0.25, 0.3) is 5.91 Å². The van der Waals surface area contributed by atoms with E-state index < -0.39 is 11.9 Å². The highest BCUT2D eigenvalue weighted by atomic mass is 32.1. The summed E-state index contributed by atoms with van der Waals surface area (Å²) in [6.07, 6.45) is 10.6. The van der Waals surface area contributed by atoms with Crippen LogP contribution in [0.1, 0.15) is 125 Å². The van der Waals surface area contributed by atoms with Gasteiger partial charge in [-0.05, 0) is 147 Å². The third-order valence-electron chi connectivity index (χ3n) is 15.6. The normalized spacial score (nSPS) is 20.4. The molecule has 72 heavy (non-hydrogen) atoms. The first-order valence-electron chi connectivity index (χ1n) is 25.6. The van der Waals surface area contributed by atoms with E-state index in [-0.39, 0.29) is 29.5 Å². The summed E-state index contributed by atoms with van der Waals surface area (Å²) in [7, 11) is 1.96. The topological polar surface area (TPSA) is 172 Å². The van der Waals surface area contributed by atoms with E-state index in [0.29, 0.717) is 66.3 Å². The molecule has 1 saturated carbocycles. The second-order valence-corrected chi connectivity index (χ2v) is 21.2. The SMILES string of the molecule is Cc1c(O[C@H]2CC[C@H](CCCCN3CC[C@@H](c4cccc5c(C6CCC(=O)NC6=O)nn(C)c45)C3)CC2)cccc1-c1ccc(N2CCc3cccc(C(=O)Nc4nc5ccccc5s4)c3C2)nc1C(=O)O. The smallest absolute Gasteiger partial charge is 0.355 e. The number of ether oxygens (including phenoxy) is 1. The number of imide groups is 1. The molecule has 0 bridgehead atoms. The molecular formula is C57H60N8O6S. The minimum Gasteiger partial charge on any atom is -0.490 e. The van der Waals surface area contributed by atoms with Gasteiger partial charge in [-0.3, -0.25) is 29.7 Å². The average molecular weight is 985 g/mol. The number of thiazole rings is 1. The molecule has 3 aliphatic heterocycles. The number of aromatic carboxylic acids is 1. The number of carboxylic acids is 1. The number of carboxylic acid groups (broad SMARTS) is 1. The minimum absolute atomic E-state index is 0.0186. The van der Waals surface area contributed by atoms with Gasteiger partial charge in [-0.25, -0.2) is 14.8 Å². The number of carbonyl (C=O) groups is 4. The Labute approximate surface area is 422 Å². The van der Waals surface area contributed by atoms with Crippen molar-refractivity contribution in [1.82, 2.24) is 30.0 Å². The zero-order valence-corrected chi connectivity index (χ0v) is 41.7. The average Bonchev–Trinajstić information content (AvgIpc) is 4.13. The van der Waals surface area contributed by atoms with Gasteiger partial charge in [0.2, 0.25) is 11.8 Å². The summed E-state index contributed by atoms with van der Waals surface area (Å²) in [5.74, 6) is 0.238. The number of aromatic nitrogens is 4. The molecule has 2 saturated heterocycles. The molecule has 3 aromatic heterocycles. The first kappa shape index (κ1) is 47.4. The van der Waals surface area contributed by atoms with Crippen molar-refractivity contribution in [2.24, 2.45) is 13.0 Å². The van der Waals surface area contributed by atoms with Gasteiger partial charge in [0.1, 0.15) is 11.6 Å². The first-order chi connectivity index (χ1) is 35.0. The lowest BCUT2D eigenvalue weighted by atomic mass is 9.84. The van der Waals surface area contributed by atoms with Crippen LogP contribution in [0.15, 0.2) is 91.0 Å². The van der Waals surface area contributed by atoms with Crippen LogP contribution >= 0.6 is 11.3 Å². The Hall–Kier alpha value is -6.97. The van der Waals surface area contributed by atoms with E-state index in [1.807, 2.05) is 91.4 Å². The predicted molar refractivity (Wildman–Crippen MR) is 280 cm³/mol. The van der Waals surface area contributed by atoms with E-state index in [1.54, 1.807) is 0 Å². The second-order valence-electron chi connectivity index (χ2n) is 20.2. The number of carbonyl (C=O) groups excluding carboxylic acids is 3. The van der Waals surface area contributed by atoms with Crippen molar-refractivity contribution in [2.45, 2.75) is 102 Å². The van der Waals surface area contributed by atoms with Crippen LogP contribution in [0.2, 0.25) is 0 Å². The maximum Gasteiger partial charge on any atom is 0.355 e. The van der Waals surface area contributed by atoms with Gasteiger partial charge in [0, 0.05) is 49.6 Å². The zero-order valence-electron chi connectivity index (χ0n) is 40.9. The minimum atomic E-state index is -1.10. The highest BCUT2D eigenvalue weighted by Crippen LogP contribution is 2.39. The number of piperidine rings is 1.